The Morgan fingerprint density at radius 2 is 2.00 bits per heavy atom. The molecule has 0 spiro atoms. The second-order valence-corrected chi connectivity index (χ2v) is 3.56. The van der Waals surface area contributed by atoms with Crippen LogP contribution in [0.1, 0.15) is 6.92 Å². The first kappa shape index (κ1) is 8.38. The smallest absolute Gasteiger partial charge is 0.181 e. The van der Waals surface area contributed by atoms with E-state index in [2.05, 4.69) is 60.5 Å². The summed E-state index contributed by atoms with van der Waals surface area (Å²) in [4.78, 5) is 2.21. The molecule has 3 nitrogen and oxygen atoms in total. The van der Waals surface area contributed by atoms with Crippen LogP contribution in [0.5, 0.6) is 0 Å². The fourth-order valence-corrected chi connectivity index (χ4v) is 1.83. The monoisotopic (exact) mass is 178 g/mol. The Labute approximate surface area is 79.0 Å². The molecule has 1 aromatic heterocycles. The molecule has 0 saturated heterocycles. The van der Waals surface area contributed by atoms with Crippen molar-refractivity contribution in [2.45, 2.75) is 6.92 Å². The molecule has 0 bridgehead atoms. The molecular weight excluding hydrogens is 162 g/mol. The maximum atomic E-state index is 2.24. The van der Waals surface area contributed by atoms with Gasteiger partial charge in [-0.1, -0.05) is 0 Å². The van der Waals surface area contributed by atoms with Crippen LogP contribution in [0.25, 0.3) is 0 Å². The van der Waals surface area contributed by atoms with E-state index >= 15 is 0 Å². The highest BCUT2D eigenvalue weighted by Gasteiger charge is 2.30. The van der Waals surface area contributed by atoms with E-state index in [4.69, 9.17) is 0 Å². The summed E-state index contributed by atoms with van der Waals surface area (Å²) < 4.78 is 3.11. The summed E-state index contributed by atoms with van der Waals surface area (Å²) in [5.74, 6) is 0. The Hall–Kier alpha value is -1.22. The molecule has 1 atom stereocenters. The van der Waals surface area contributed by atoms with Crippen LogP contribution in [-0.2, 0) is 0 Å². The lowest BCUT2D eigenvalue weighted by Gasteiger charge is -2.31. The van der Waals surface area contributed by atoms with Crippen LogP contribution in [-0.4, -0.2) is 29.8 Å². The first-order chi connectivity index (χ1) is 6.27. The molecule has 2 heterocycles. The van der Waals surface area contributed by atoms with Gasteiger partial charge >= 0.3 is 0 Å². The van der Waals surface area contributed by atoms with Crippen LogP contribution >= 0.6 is 0 Å². The van der Waals surface area contributed by atoms with E-state index in [0.717, 1.165) is 17.8 Å². The summed E-state index contributed by atoms with van der Waals surface area (Å²) in [7, 11) is 2.11. The molecule has 0 saturated carbocycles. The van der Waals surface area contributed by atoms with Gasteiger partial charge in [0.15, 0.2) is 6.67 Å². The normalized spacial score (nSPS) is 27.1. The summed E-state index contributed by atoms with van der Waals surface area (Å²) in [6.45, 7) is 4.31. The molecule has 1 aliphatic heterocycles. The maximum absolute atomic E-state index is 2.24. The molecule has 13 heavy (non-hydrogen) atoms. The first-order valence-electron chi connectivity index (χ1n) is 4.67. The number of nitrogens with zero attached hydrogens (tertiary/aromatic N) is 3. The lowest BCUT2D eigenvalue weighted by atomic mass is 10.6. The van der Waals surface area contributed by atoms with E-state index in [1.165, 1.54) is 0 Å². The molecule has 3 heteroatoms. The number of aromatic nitrogens is 1. The minimum Gasteiger partial charge on any atom is -0.327 e. The van der Waals surface area contributed by atoms with E-state index in [-0.39, 0.29) is 0 Å². The summed E-state index contributed by atoms with van der Waals surface area (Å²) in [5.41, 5.74) is 0. The Morgan fingerprint density at radius 1 is 1.31 bits per heavy atom. The minimum absolute atomic E-state index is 0.878. The van der Waals surface area contributed by atoms with Crippen molar-refractivity contribution < 1.29 is 0 Å². The van der Waals surface area contributed by atoms with Crippen molar-refractivity contribution in [3.8, 4) is 0 Å². The lowest BCUT2D eigenvalue weighted by Crippen LogP contribution is -2.53. The quantitative estimate of drug-likeness (QED) is 0.620. The first-order valence-corrected chi connectivity index (χ1v) is 4.67. The van der Waals surface area contributed by atoms with Gasteiger partial charge in [0.25, 0.3) is 0 Å². The number of hydrogen-bond acceptors (Lipinski definition) is 1. The summed E-state index contributed by atoms with van der Waals surface area (Å²) in [6.07, 6.45) is 8.61. The minimum atomic E-state index is 0.878. The number of quaternary nitrogens is 1. The largest absolute Gasteiger partial charge is 0.327 e. The van der Waals surface area contributed by atoms with Gasteiger partial charge in [-0.3, -0.25) is 0 Å². The van der Waals surface area contributed by atoms with Crippen LogP contribution in [0.15, 0.2) is 36.9 Å². The molecule has 0 radical (unpaired) electrons. The molecule has 2 rings (SSSR count). The maximum Gasteiger partial charge on any atom is 0.181 e. The van der Waals surface area contributed by atoms with Crippen molar-refractivity contribution >= 4 is 0 Å². The van der Waals surface area contributed by atoms with Crippen molar-refractivity contribution in [1.82, 2.24) is 14.2 Å². The van der Waals surface area contributed by atoms with E-state index in [9.17, 15) is 0 Å². The SMILES string of the molecule is CC[N+]1(n2cccc2)C=CN(C)C1. The molecule has 0 aliphatic carbocycles. The third-order valence-electron chi connectivity index (χ3n) is 2.66. The Kier molecular flexibility index (Phi) is 1.88. The van der Waals surface area contributed by atoms with Gasteiger partial charge in [-0.05, 0) is 19.1 Å². The zero-order chi connectivity index (χ0) is 9.31. The van der Waals surface area contributed by atoms with Gasteiger partial charge in [0, 0.05) is 7.05 Å². The van der Waals surface area contributed by atoms with Gasteiger partial charge in [0.1, 0.15) is 12.7 Å². The summed E-state index contributed by atoms with van der Waals surface area (Å²) in [5, 5.41) is 0. The fraction of sp³-hybridized carbons (Fsp3) is 0.400. The second-order valence-electron chi connectivity index (χ2n) is 3.56. The molecule has 1 unspecified atom stereocenters. The molecule has 1 aliphatic rings. The van der Waals surface area contributed by atoms with Crippen LogP contribution in [0.4, 0.5) is 0 Å². The van der Waals surface area contributed by atoms with E-state index in [1.807, 2.05) is 0 Å². The van der Waals surface area contributed by atoms with E-state index in [1.54, 1.807) is 0 Å². The van der Waals surface area contributed by atoms with Crippen molar-refractivity contribution in [2.24, 2.45) is 0 Å². The Morgan fingerprint density at radius 3 is 2.46 bits per heavy atom. The average molecular weight is 178 g/mol. The molecule has 0 fully saturated rings. The van der Waals surface area contributed by atoms with Crippen LogP contribution < -0.4 is 4.59 Å². The van der Waals surface area contributed by atoms with Gasteiger partial charge in [-0.15, -0.1) is 0 Å². The Bertz CT molecular complexity index is 302. The highest BCUT2D eigenvalue weighted by atomic mass is 15.7. The third kappa shape index (κ3) is 1.25. The Balaban J connectivity index is 2.33. The average Bonchev–Trinajstić information content (AvgIpc) is 2.73. The van der Waals surface area contributed by atoms with Crippen LogP contribution in [0.2, 0.25) is 0 Å². The van der Waals surface area contributed by atoms with Crippen molar-refractivity contribution in [3.05, 3.63) is 36.9 Å². The molecule has 70 valence electrons. The number of hydrogen-bond donors (Lipinski definition) is 0. The predicted octanol–water partition coefficient (Wildman–Crippen LogP) is 1.32. The van der Waals surface area contributed by atoms with Gasteiger partial charge in [0.2, 0.25) is 0 Å². The third-order valence-corrected chi connectivity index (χ3v) is 2.66. The zero-order valence-electron chi connectivity index (χ0n) is 8.22. The summed E-state index contributed by atoms with van der Waals surface area (Å²) in [6, 6.07) is 4.14. The van der Waals surface area contributed by atoms with Gasteiger partial charge < -0.3 is 4.90 Å². The molecular formula is C10H16N3+. The van der Waals surface area contributed by atoms with Crippen LogP contribution in [0.3, 0.4) is 0 Å². The number of rotatable bonds is 2. The van der Waals surface area contributed by atoms with Crippen molar-refractivity contribution in [2.75, 3.05) is 20.3 Å². The molecule has 0 aromatic carbocycles. The molecule has 1 aromatic rings. The lowest BCUT2D eigenvalue weighted by molar-refractivity contribution is 0.169. The second kappa shape index (κ2) is 2.92. The summed E-state index contributed by atoms with van der Waals surface area (Å²) >= 11 is 0. The van der Waals surface area contributed by atoms with Gasteiger partial charge in [-0.2, -0.15) is 4.59 Å². The van der Waals surface area contributed by atoms with Gasteiger partial charge in [-0.25, -0.2) is 4.68 Å². The molecule has 0 amide bonds. The fourth-order valence-electron chi connectivity index (χ4n) is 1.83. The zero-order valence-corrected chi connectivity index (χ0v) is 8.22. The van der Waals surface area contributed by atoms with Crippen molar-refractivity contribution in [1.29, 1.82) is 0 Å². The predicted molar refractivity (Wildman–Crippen MR) is 54.3 cm³/mol. The van der Waals surface area contributed by atoms with E-state index < -0.39 is 0 Å². The standard InChI is InChI=1S/C10H16N3/c1-3-13(9-8-11(2)10-13)12-6-4-5-7-12/h4-9H,3,10H2,1-2H3/q+1. The molecule has 0 N–H and O–H groups in total. The van der Waals surface area contributed by atoms with Gasteiger partial charge in [0.05, 0.1) is 18.6 Å². The van der Waals surface area contributed by atoms with E-state index in [0.29, 0.717) is 0 Å². The van der Waals surface area contributed by atoms with Crippen LogP contribution in [0, 0.1) is 0 Å². The highest BCUT2D eigenvalue weighted by Crippen LogP contribution is 2.14. The van der Waals surface area contributed by atoms with Crippen molar-refractivity contribution in [3.63, 3.8) is 0 Å². The topological polar surface area (TPSA) is 8.17 Å². The highest BCUT2D eigenvalue weighted by molar-refractivity contribution is 5.06.